The van der Waals surface area contributed by atoms with E-state index in [0.717, 1.165) is 16.3 Å². The van der Waals surface area contributed by atoms with Crippen LogP contribution in [0.5, 0.6) is 5.88 Å². The van der Waals surface area contributed by atoms with Crippen molar-refractivity contribution in [3.8, 4) is 5.88 Å². The molecular weight excluding hydrogens is 288 g/mol. The first kappa shape index (κ1) is 13.8. The minimum absolute atomic E-state index is 0.0174. The van der Waals surface area contributed by atoms with E-state index in [9.17, 15) is 4.79 Å². The molecule has 0 radical (unpaired) electrons. The Morgan fingerprint density at radius 2 is 1.78 bits per heavy atom. The molecule has 114 valence electrons. The fourth-order valence-electron chi connectivity index (χ4n) is 2.85. The average Bonchev–Trinajstić information content (AvgIpc) is 2.57. The lowest BCUT2D eigenvalue weighted by atomic mass is 10.0. The van der Waals surface area contributed by atoms with Crippen molar-refractivity contribution < 1.29 is 9.53 Å². The monoisotopic (exact) mass is 304 g/mol. The number of carbonyl (C=O) groups excluding carboxylic acids is 1. The van der Waals surface area contributed by atoms with E-state index in [1.807, 2.05) is 65.6 Å². The van der Waals surface area contributed by atoms with Crippen LogP contribution in [0.15, 0.2) is 66.9 Å². The van der Waals surface area contributed by atoms with Crippen LogP contribution in [0.4, 0.5) is 0 Å². The van der Waals surface area contributed by atoms with E-state index in [-0.39, 0.29) is 12.0 Å². The SMILES string of the molecule is O=C(c1cccc2ccccc12)N1CC(Oc2ccccn2)C1. The van der Waals surface area contributed by atoms with Crippen LogP contribution in [-0.4, -0.2) is 35.0 Å². The van der Waals surface area contributed by atoms with E-state index in [1.54, 1.807) is 6.20 Å². The van der Waals surface area contributed by atoms with Gasteiger partial charge in [0.15, 0.2) is 0 Å². The number of hydrogen-bond acceptors (Lipinski definition) is 3. The molecule has 4 nitrogen and oxygen atoms in total. The van der Waals surface area contributed by atoms with Crippen LogP contribution in [0.25, 0.3) is 10.8 Å². The first-order valence-electron chi connectivity index (χ1n) is 7.66. The van der Waals surface area contributed by atoms with Gasteiger partial charge in [-0.1, -0.05) is 42.5 Å². The van der Waals surface area contributed by atoms with Crippen molar-refractivity contribution in [2.24, 2.45) is 0 Å². The van der Waals surface area contributed by atoms with Gasteiger partial charge in [-0.25, -0.2) is 4.98 Å². The summed E-state index contributed by atoms with van der Waals surface area (Å²) in [7, 11) is 0. The normalized spacial score (nSPS) is 14.5. The maximum Gasteiger partial charge on any atom is 0.254 e. The molecule has 23 heavy (non-hydrogen) atoms. The quantitative estimate of drug-likeness (QED) is 0.746. The van der Waals surface area contributed by atoms with Gasteiger partial charge in [-0.05, 0) is 22.9 Å². The summed E-state index contributed by atoms with van der Waals surface area (Å²) in [6.07, 6.45) is 1.72. The summed E-state index contributed by atoms with van der Waals surface area (Å²) in [5.41, 5.74) is 0.749. The highest BCUT2D eigenvalue weighted by molar-refractivity contribution is 6.07. The number of aromatic nitrogens is 1. The molecule has 1 aliphatic heterocycles. The summed E-state index contributed by atoms with van der Waals surface area (Å²) >= 11 is 0. The van der Waals surface area contributed by atoms with Crippen LogP contribution in [0.2, 0.25) is 0 Å². The van der Waals surface area contributed by atoms with E-state index >= 15 is 0 Å². The number of amides is 1. The fraction of sp³-hybridized carbons (Fsp3) is 0.158. The second kappa shape index (κ2) is 5.72. The summed E-state index contributed by atoms with van der Waals surface area (Å²) in [5.74, 6) is 0.664. The molecule has 3 aromatic rings. The van der Waals surface area contributed by atoms with Crippen LogP contribution in [0, 0.1) is 0 Å². The molecule has 4 heteroatoms. The Kier molecular flexibility index (Phi) is 3.42. The van der Waals surface area contributed by atoms with Gasteiger partial charge in [0.2, 0.25) is 5.88 Å². The summed E-state index contributed by atoms with van der Waals surface area (Å²) in [6, 6.07) is 19.4. The van der Waals surface area contributed by atoms with Crippen LogP contribution < -0.4 is 4.74 Å². The predicted molar refractivity (Wildman–Crippen MR) is 88.5 cm³/mol. The molecule has 0 atom stereocenters. The third kappa shape index (κ3) is 2.63. The first-order valence-corrected chi connectivity index (χ1v) is 7.66. The lowest BCUT2D eigenvalue weighted by Crippen LogP contribution is -2.56. The summed E-state index contributed by atoms with van der Waals surface area (Å²) in [6.45, 7) is 1.19. The van der Waals surface area contributed by atoms with Gasteiger partial charge in [-0.2, -0.15) is 0 Å². The van der Waals surface area contributed by atoms with Crippen molar-refractivity contribution in [2.75, 3.05) is 13.1 Å². The van der Waals surface area contributed by atoms with Crippen LogP contribution in [-0.2, 0) is 0 Å². The highest BCUT2D eigenvalue weighted by atomic mass is 16.5. The molecule has 1 aliphatic rings. The zero-order valence-corrected chi connectivity index (χ0v) is 12.6. The molecule has 0 unspecified atom stereocenters. The molecule has 0 spiro atoms. The van der Waals surface area contributed by atoms with E-state index in [1.165, 1.54) is 0 Å². The Balaban J connectivity index is 1.47. The number of nitrogens with zero attached hydrogens (tertiary/aromatic N) is 2. The van der Waals surface area contributed by atoms with Crippen molar-refractivity contribution in [1.29, 1.82) is 0 Å². The molecule has 0 bridgehead atoms. The molecule has 0 saturated carbocycles. The first-order chi connectivity index (χ1) is 11.3. The van der Waals surface area contributed by atoms with E-state index in [2.05, 4.69) is 4.98 Å². The molecule has 0 N–H and O–H groups in total. The summed E-state index contributed by atoms with van der Waals surface area (Å²) < 4.78 is 5.75. The third-order valence-electron chi connectivity index (χ3n) is 4.08. The van der Waals surface area contributed by atoms with Crippen molar-refractivity contribution in [3.05, 3.63) is 72.4 Å². The molecule has 2 aromatic carbocycles. The molecule has 1 fully saturated rings. The minimum atomic E-state index is 0.0174. The van der Waals surface area contributed by atoms with Crippen LogP contribution in [0.3, 0.4) is 0 Å². The number of likely N-dealkylation sites (tertiary alicyclic amines) is 1. The second-order valence-corrected chi connectivity index (χ2v) is 5.64. The maximum atomic E-state index is 12.7. The highest BCUT2D eigenvalue weighted by Crippen LogP contribution is 2.23. The average molecular weight is 304 g/mol. The molecular formula is C19H16N2O2. The summed E-state index contributed by atoms with van der Waals surface area (Å²) in [5, 5.41) is 2.08. The fourth-order valence-corrected chi connectivity index (χ4v) is 2.85. The molecule has 4 rings (SSSR count). The van der Waals surface area contributed by atoms with E-state index < -0.39 is 0 Å². The van der Waals surface area contributed by atoms with E-state index in [4.69, 9.17) is 4.74 Å². The largest absolute Gasteiger partial charge is 0.471 e. The Morgan fingerprint density at radius 1 is 1.00 bits per heavy atom. The number of carbonyl (C=O) groups is 1. The highest BCUT2D eigenvalue weighted by Gasteiger charge is 2.33. The Labute approximate surface area is 134 Å². The van der Waals surface area contributed by atoms with Crippen LogP contribution in [0.1, 0.15) is 10.4 Å². The third-order valence-corrected chi connectivity index (χ3v) is 4.08. The number of pyridine rings is 1. The Hall–Kier alpha value is -2.88. The van der Waals surface area contributed by atoms with Crippen LogP contribution >= 0.6 is 0 Å². The minimum Gasteiger partial charge on any atom is -0.471 e. The second-order valence-electron chi connectivity index (χ2n) is 5.64. The number of ether oxygens (including phenoxy) is 1. The predicted octanol–water partition coefficient (Wildman–Crippen LogP) is 3.14. The molecule has 0 aliphatic carbocycles. The van der Waals surface area contributed by atoms with Gasteiger partial charge >= 0.3 is 0 Å². The summed E-state index contributed by atoms with van der Waals surface area (Å²) in [4.78, 5) is 18.7. The standard InChI is InChI=1S/C19H16N2O2/c22-19(17-9-5-7-14-6-1-2-8-16(14)17)21-12-15(13-21)23-18-10-3-4-11-20-18/h1-11,15H,12-13H2. The lowest BCUT2D eigenvalue weighted by molar-refractivity contribution is 0.0161. The van der Waals surface area contributed by atoms with Gasteiger partial charge in [0.1, 0.15) is 6.10 Å². The van der Waals surface area contributed by atoms with Gasteiger partial charge < -0.3 is 9.64 Å². The lowest BCUT2D eigenvalue weighted by Gasteiger charge is -2.38. The van der Waals surface area contributed by atoms with Gasteiger partial charge in [0.05, 0.1) is 13.1 Å². The van der Waals surface area contributed by atoms with Crippen molar-refractivity contribution in [2.45, 2.75) is 6.10 Å². The Bertz CT molecular complexity index is 837. The zero-order valence-electron chi connectivity index (χ0n) is 12.6. The van der Waals surface area contributed by atoms with Crippen molar-refractivity contribution in [1.82, 2.24) is 9.88 Å². The molecule has 1 saturated heterocycles. The number of benzene rings is 2. The smallest absolute Gasteiger partial charge is 0.254 e. The maximum absolute atomic E-state index is 12.7. The number of hydrogen-bond donors (Lipinski definition) is 0. The molecule has 2 heterocycles. The van der Waals surface area contributed by atoms with E-state index in [0.29, 0.717) is 19.0 Å². The molecule has 1 amide bonds. The van der Waals surface area contributed by atoms with Crippen molar-refractivity contribution >= 4 is 16.7 Å². The number of fused-ring (bicyclic) bond motifs is 1. The van der Waals surface area contributed by atoms with Crippen molar-refractivity contribution in [3.63, 3.8) is 0 Å². The van der Waals surface area contributed by atoms with Gasteiger partial charge in [-0.15, -0.1) is 0 Å². The molecule has 1 aromatic heterocycles. The van der Waals surface area contributed by atoms with Gasteiger partial charge in [0.25, 0.3) is 5.91 Å². The topological polar surface area (TPSA) is 42.4 Å². The van der Waals surface area contributed by atoms with Gasteiger partial charge in [-0.3, -0.25) is 4.79 Å². The number of rotatable bonds is 3. The van der Waals surface area contributed by atoms with Gasteiger partial charge in [0, 0.05) is 17.8 Å². The zero-order chi connectivity index (χ0) is 15.6. The Morgan fingerprint density at radius 3 is 2.61 bits per heavy atom.